The molecular formula is C11H14ClNO3. The molecule has 0 spiro atoms. The first-order valence-electron chi connectivity index (χ1n) is 4.86. The van der Waals surface area contributed by atoms with Gasteiger partial charge in [-0.3, -0.25) is 10.1 Å². The molecule has 16 heavy (non-hydrogen) atoms. The lowest BCUT2D eigenvalue weighted by molar-refractivity contribution is -0.385. The maximum absolute atomic E-state index is 10.6. The molecule has 0 fully saturated rings. The van der Waals surface area contributed by atoms with Gasteiger partial charge in [-0.2, -0.15) is 0 Å². The van der Waals surface area contributed by atoms with Gasteiger partial charge in [-0.15, -0.1) is 0 Å². The minimum atomic E-state index is -0.448. The van der Waals surface area contributed by atoms with Crippen molar-refractivity contribution in [2.75, 3.05) is 0 Å². The van der Waals surface area contributed by atoms with Crippen molar-refractivity contribution in [1.82, 2.24) is 0 Å². The predicted octanol–water partition coefficient (Wildman–Crippen LogP) is 3.56. The molecule has 0 amide bonds. The highest BCUT2D eigenvalue weighted by Gasteiger charge is 2.14. The smallest absolute Gasteiger partial charge is 0.269 e. The minimum Gasteiger partial charge on any atom is -0.371 e. The maximum atomic E-state index is 10.6. The van der Waals surface area contributed by atoms with Gasteiger partial charge in [-0.1, -0.05) is 11.6 Å². The molecule has 0 radical (unpaired) electrons. The lowest BCUT2D eigenvalue weighted by Crippen LogP contribution is -2.18. The Hall–Kier alpha value is -1.13. The third-order valence-electron chi connectivity index (χ3n) is 1.90. The summed E-state index contributed by atoms with van der Waals surface area (Å²) < 4.78 is 5.52. The monoisotopic (exact) mass is 243 g/mol. The summed E-state index contributed by atoms with van der Waals surface area (Å²) in [5.41, 5.74) is 0.358. The largest absolute Gasteiger partial charge is 0.371 e. The van der Waals surface area contributed by atoms with Crippen LogP contribution in [-0.2, 0) is 11.3 Å². The Morgan fingerprint density at radius 2 is 2.06 bits per heavy atom. The lowest BCUT2D eigenvalue weighted by Gasteiger charge is -2.19. The normalized spacial score (nSPS) is 11.5. The zero-order valence-corrected chi connectivity index (χ0v) is 10.2. The van der Waals surface area contributed by atoms with Crippen LogP contribution in [0.2, 0.25) is 5.02 Å². The number of rotatable bonds is 3. The summed E-state index contributed by atoms with van der Waals surface area (Å²) in [6, 6.07) is 4.33. The van der Waals surface area contributed by atoms with Crippen LogP contribution in [0, 0.1) is 10.1 Å². The summed E-state index contributed by atoms with van der Waals surface area (Å²) in [6.07, 6.45) is 0. The fraction of sp³-hybridized carbons (Fsp3) is 0.455. The molecule has 0 aliphatic heterocycles. The molecule has 1 rings (SSSR count). The van der Waals surface area contributed by atoms with Gasteiger partial charge in [0, 0.05) is 22.7 Å². The van der Waals surface area contributed by atoms with Gasteiger partial charge in [0.1, 0.15) is 0 Å². The van der Waals surface area contributed by atoms with Gasteiger partial charge in [0.05, 0.1) is 17.1 Å². The number of non-ortho nitro benzene ring substituents is 1. The summed E-state index contributed by atoms with van der Waals surface area (Å²) in [5, 5.41) is 11.1. The first-order valence-corrected chi connectivity index (χ1v) is 5.24. The molecule has 0 saturated carbocycles. The van der Waals surface area contributed by atoms with E-state index >= 15 is 0 Å². The average Bonchev–Trinajstić information content (AvgIpc) is 2.14. The van der Waals surface area contributed by atoms with Gasteiger partial charge in [-0.05, 0) is 26.8 Å². The topological polar surface area (TPSA) is 52.4 Å². The Morgan fingerprint density at radius 1 is 1.44 bits per heavy atom. The zero-order valence-electron chi connectivity index (χ0n) is 9.49. The molecule has 0 bridgehead atoms. The average molecular weight is 244 g/mol. The van der Waals surface area contributed by atoms with Gasteiger partial charge in [0.2, 0.25) is 0 Å². The van der Waals surface area contributed by atoms with Crippen LogP contribution in [0.25, 0.3) is 0 Å². The van der Waals surface area contributed by atoms with E-state index in [0.29, 0.717) is 10.6 Å². The fourth-order valence-electron chi connectivity index (χ4n) is 1.08. The number of nitrogens with zero attached hydrogens (tertiary/aromatic N) is 1. The van der Waals surface area contributed by atoms with Gasteiger partial charge < -0.3 is 4.74 Å². The van der Waals surface area contributed by atoms with Crippen LogP contribution in [0.4, 0.5) is 5.69 Å². The number of halogens is 1. The highest BCUT2D eigenvalue weighted by Crippen LogP contribution is 2.24. The van der Waals surface area contributed by atoms with E-state index in [1.807, 2.05) is 20.8 Å². The number of nitro groups is 1. The number of benzene rings is 1. The molecule has 0 aromatic heterocycles. The van der Waals surface area contributed by atoms with Crippen molar-refractivity contribution in [3.63, 3.8) is 0 Å². The van der Waals surface area contributed by atoms with Crippen LogP contribution >= 0.6 is 11.6 Å². The molecule has 4 nitrogen and oxygen atoms in total. The Labute approximate surface area is 99.3 Å². The number of hydrogen-bond donors (Lipinski definition) is 0. The van der Waals surface area contributed by atoms with Gasteiger partial charge in [0.25, 0.3) is 5.69 Å². The van der Waals surface area contributed by atoms with Gasteiger partial charge in [0.15, 0.2) is 0 Å². The van der Waals surface area contributed by atoms with Crippen molar-refractivity contribution in [2.45, 2.75) is 33.0 Å². The molecule has 0 atom stereocenters. The Morgan fingerprint density at radius 3 is 2.56 bits per heavy atom. The van der Waals surface area contributed by atoms with E-state index in [9.17, 15) is 10.1 Å². The molecule has 0 saturated heterocycles. The van der Waals surface area contributed by atoms with Crippen molar-refractivity contribution in [3.05, 3.63) is 38.9 Å². The highest BCUT2D eigenvalue weighted by molar-refractivity contribution is 6.31. The second-order valence-corrected chi connectivity index (χ2v) is 4.84. The second-order valence-electron chi connectivity index (χ2n) is 4.43. The molecule has 0 aliphatic rings. The first-order chi connectivity index (χ1) is 7.29. The number of hydrogen-bond acceptors (Lipinski definition) is 3. The Kier molecular flexibility index (Phi) is 3.88. The molecule has 0 aliphatic carbocycles. The lowest BCUT2D eigenvalue weighted by atomic mass is 10.1. The third kappa shape index (κ3) is 3.79. The fourth-order valence-corrected chi connectivity index (χ4v) is 1.25. The van der Waals surface area contributed by atoms with E-state index in [1.54, 1.807) is 0 Å². The Bertz CT molecular complexity index is 399. The third-order valence-corrected chi connectivity index (χ3v) is 2.27. The predicted molar refractivity (Wildman–Crippen MR) is 62.6 cm³/mol. The van der Waals surface area contributed by atoms with E-state index in [1.165, 1.54) is 18.2 Å². The van der Waals surface area contributed by atoms with Crippen LogP contribution < -0.4 is 0 Å². The van der Waals surface area contributed by atoms with E-state index < -0.39 is 4.92 Å². The minimum absolute atomic E-state index is 0.0249. The van der Waals surface area contributed by atoms with Crippen LogP contribution in [0.15, 0.2) is 18.2 Å². The summed E-state index contributed by atoms with van der Waals surface area (Å²) >= 11 is 5.93. The highest BCUT2D eigenvalue weighted by atomic mass is 35.5. The molecule has 88 valence electrons. The van der Waals surface area contributed by atoms with Crippen LogP contribution in [0.5, 0.6) is 0 Å². The maximum Gasteiger partial charge on any atom is 0.269 e. The first kappa shape index (κ1) is 12.9. The van der Waals surface area contributed by atoms with Crippen molar-refractivity contribution in [2.24, 2.45) is 0 Å². The van der Waals surface area contributed by atoms with E-state index in [4.69, 9.17) is 16.3 Å². The molecule has 0 unspecified atom stereocenters. The molecule has 0 N–H and O–H groups in total. The zero-order chi connectivity index (χ0) is 12.3. The van der Waals surface area contributed by atoms with Crippen molar-refractivity contribution < 1.29 is 9.66 Å². The SMILES string of the molecule is CC(C)(C)OCc1cc([N+](=O)[O-])ccc1Cl. The summed E-state index contributed by atoms with van der Waals surface area (Å²) in [5.74, 6) is 0. The van der Waals surface area contributed by atoms with E-state index in [2.05, 4.69) is 0 Å². The van der Waals surface area contributed by atoms with Crippen LogP contribution in [0.1, 0.15) is 26.3 Å². The molecule has 0 heterocycles. The molecule has 5 heteroatoms. The van der Waals surface area contributed by atoms with Crippen LogP contribution in [-0.4, -0.2) is 10.5 Å². The standard InChI is InChI=1S/C11H14ClNO3/c1-11(2,3)16-7-8-6-9(13(14)15)4-5-10(8)12/h4-6H,7H2,1-3H3. The van der Waals surface area contributed by atoms with Crippen molar-refractivity contribution in [1.29, 1.82) is 0 Å². The molecule has 1 aromatic rings. The summed E-state index contributed by atoms with van der Waals surface area (Å²) in [6.45, 7) is 6.01. The van der Waals surface area contributed by atoms with E-state index in [0.717, 1.165) is 0 Å². The van der Waals surface area contributed by atoms with E-state index in [-0.39, 0.29) is 17.9 Å². The van der Waals surface area contributed by atoms with Crippen molar-refractivity contribution in [3.8, 4) is 0 Å². The molecule has 1 aromatic carbocycles. The summed E-state index contributed by atoms with van der Waals surface area (Å²) in [7, 11) is 0. The van der Waals surface area contributed by atoms with Gasteiger partial charge in [-0.25, -0.2) is 0 Å². The molecular weight excluding hydrogens is 230 g/mol. The number of ether oxygens (including phenoxy) is 1. The second kappa shape index (κ2) is 4.80. The number of nitro benzene ring substituents is 1. The Balaban J connectivity index is 2.86. The van der Waals surface area contributed by atoms with Crippen LogP contribution in [0.3, 0.4) is 0 Å². The quantitative estimate of drug-likeness (QED) is 0.602. The van der Waals surface area contributed by atoms with Gasteiger partial charge >= 0.3 is 0 Å². The van der Waals surface area contributed by atoms with Crippen molar-refractivity contribution >= 4 is 17.3 Å². The summed E-state index contributed by atoms with van der Waals surface area (Å²) in [4.78, 5) is 10.1.